The molecule has 1 rings (SSSR count). The van der Waals surface area contributed by atoms with Crippen LogP contribution in [0.1, 0.15) is 37.9 Å². The fraction of sp³-hybridized carbons (Fsp3) is 0.727. The summed E-state index contributed by atoms with van der Waals surface area (Å²) in [4.78, 5) is 0. The van der Waals surface area contributed by atoms with Crippen LogP contribution in [0.3, 0.4) is 0 Å². The second-order valence-electron chi connectivity index (χ2n) is 3.57. The molecule has 0 radical (unpaired) electrons. The molecule has 0 N–H and O–H groups in total. The van der Waals surface area contributed by atoms with E-state index in [1.165, 1.54) is 23.4 Å². The van der Waals surface area contributed by atoms with Gasteiger partial charge in [-0.1, -0.05) is 13.8 Å². The van der Waals surface area contributed by atoms with Gasteiger partial charge in [-0.05, 0) is 31.1 Å². The summed E-state index contributed by atoms with van der Waals surface area (Å²) in [5.74, 6) is 2.30. The van der Waals surface area contributed by atoms with Crippen molar-refractivity contribution in [1.29, 1.82) is 0 Å². The van der Waals surface area contributed by atoms with Crippen molar-refractivity contribution in [3.05, 3.63) is 17.5 Å². The second-order valence-corrected chi connectivity index (χ2v) is 4.68. The maximum atomic E-state index is 4.57. The molecule has 1 aromatic rings. The number of aryl methyl sites for hydroxylation is 2. The van der Waals surface area contributed by atoms with E-state index in [0.29, 0.717) is 0 Å². The molecular weight excluding hydrogens is 192 g/mol. The van der Waals surface area contributed by atoms with Gasteiger partial charge in [0.1, 0.15) is 0 Å². The monoisotopic (exact) mass is 212 g/mol. The number of aromatic nitrogens is 2. The predicted octanol–water partition coefficient (Wildman–Crippen LogP) is 3.24. The number of rotatable bonds is 6. The summed E-state index contributed by atoms with van der Waals surface area (Å²) in [5.41, 5.74) is 2.60. The maximum Gasteiger partial charge on any atom is 0.0752 e. The number of hydrogen-bond donors (Lipinski definition) is 0. The van der Waals surface area contributed by atoms with Crippen LogP contribution in [0.25, 0.3) is 0 Å². The molecule has 3 heteroatoms. The molecule has 0 aromatic carbocycles. The average Bonchev–Trinajstić information content (AvgIpc) is 2.48. The lowest BCUT2D eigenvalue weighted by atomic mass is 10.3. The molecule has 0 saturated heterocycles. The molecule has 0 amide bonds. The minimum Gasteiger partial charge on any atom is -0.272 e. The average molecular weight is 212 g/mol. The normalized spacial score (nSPS) is 10.8. The molecule has 0 saturated carbocycles. The highest BCUT2D eigenvalue weighted by molar-refractivity contribution is 7.98. The van der Waals surface area contributed by atoms with E-state index in [4.69, 9.17) is 0 Å². The molecule has 14 heavy (non-hydrogen) atoms. The standard InChI is InChI=1S/C11H20N2S/c1-4-6-13-8-10(3)11(12-13)9-14-7-5-2/h8H,4-7,9H2,1-3H3. The fourth-order valence-electron chi connectivity index (χ4n) is 1.36. The first-order chi connectivity index (χ1) is 6.77. The first kappa shape index (κ1) is 11.6. The van der Waals surface area contributed by atoms with Gasteiger partial charge in [-0.15, -0.1) is 0 Å². The zero-order chi connectivity index (χ0) is 10.4. The molecule has 0 bridgehead atoms. The zero-order valence-electron chi connectivity index (χ0n) is 9.42. The van der Waals surface area contributed by atoms with Gasteiger partial charge in [0, 0.05) is 18.5 Å². The van der Waals surface area contributed by atoms with Gasteiger partial charge >= 0.3 is 0 Å². The summed E-state index contributed by atoms with van der Waals surface area (Å²) in [6, 6.07) is 0. The molecule has 0 aliphatic heterocycles. The van der Waals surface area contributed by atoms with Gasteiger partial charge in [-0.2, -0.15) is 16.9 Å². The highest BCUT2D eigenvalue weighted by Crippen LogP contribution is 2.15. The van der Waals surface area contributed by atoms with E-state index in [1.54, 1.807) is 0 Å². The summed E-state index contributed by atoms with van der Waals surface area (Å²) in [6.45, 7) is 7.60. The van der Waals surface area contributed by atoms with E-state index in [0.717, 1.165) is 18.7 Å². The molecule has 2 nitrogen and oxygen atoms in total. The molecule has 0 fully saturated rings. The van der Waals surface area contributed by atoms with Gasteiger partial charge in [-0.3, -0.25) is 4.68 Å². The molecule has 0 unspecified atom stereocenters. The van der Waals surface area contributed by atoms with Crippen LogP contribution in [-0.2, 0) is 12.3 Å². The van der Waals surface area contributed by atoms with Crippen LogP contribution in [0.15, 0.2) is 6.20 Å². The number of nitrogens with zero attached hydrogens (tertiary/aromatic N) is 2. The minimum atomic E-state index is 1.04. The minimum absolute atomic E-state index is 1.04. The summed E-state index contributed by atoms with van der Waals surface area (Å²) in [6.07, 6.45) is 4.56. The Kier molecular flexibility index (Phi) is 5.09. The highest BCUT2D eigenvalue weighted by atomic mass is 32.2. The van der Waals surface area contributed by atoms with Crippen LogP contribution in [0, 0.1) is 6.92 Å². The van der Waals surface area contributed by atoms with Crippen molar-refractivity contribution in [1.82, 2.24) is 9.78 Å². The van der Waals surface area contributed by atoms with Gasteiger partial charge in [0.15, 0.2) is 0 Å². The van der Waals surface area contributed by atoms with Gasteiger partial charge in [0.05, 0.1) is 5.69 Å². The van der Waals surface area contributed by atoms with Gasteiger partial charge < -0.3 is 0 Å². The quantitative estimate of drug-likeness (QED) is 0.674. The van der Waals surface area contributed by atoms with Crippen molar-refractivity contribution < 1.29 is 0 Å². The molecule has 0 atom stereocenters. The van der Waals surface area contributed by atoms with Crippen molar-refractivity contribution in [3.63, 3.8) is 0 Å². The molecule has 0 aliphatic rings. The van der Waals surface area contributed by atoms with E-state index in [9.17, 15) is 0 Å². The van der Waals surface area contributed by atoms with Crippen molar-refractivity contribution >= 4 is 11.8 Å². The first-order valence-corrected chi connectivity index (χ1v) is 6.54. The lowest BCUT2D eigenvalue weighted by Crippen LogP contribution is -1.97. The zero-order valence-corrected chi connectivity index (χ0v) is 10.2. The smallest absolute Gasteiger partial charge is 0.0752 e. The SMILES string of the molecule is CCCSCc1nn(CCC)cc1C. The van der Waals surface area contributed by atoms with Crippen LogP contribution in [0.5, 0.6) is 0 Å². The first-order valence-electron chi connectivity index (χ1n) is 5.38. The molecule has 1 aromatic heterocycles. The Labute approximate surface area is 91.1 Å². The van der Waals surface area contributed by atoms with Crippen LogP contribution in [-0.4, -0.2) is 15.5 Å². The third kappa shape index (κ3) is 3.37. The third-order valence-electron chi connectivity index (χ3n) is 2.09. The van der Waals surface area contributed by atoms with Gasteiger partial charge in [0.2, 0.25) is 0 Å². The summed E-state index contributed by atoms with van der Waals surface area (Å²) in [5, 5.41) is 4.57. The molecule has 0 aliphatic carbocycles. The highest BCUT2D eigenvalue weighted by Gasteiger charge is 2.03. The van der Waals surface area contributed by atoms with Crippen molar-refractivity contribution in [3.8, 4) is 0 Å². The fourth-order valence-corrected chi connectivity index (χ4v) is 2.27. The summed E-state index contributed by atoms with van der Waals surface area (Å²) >= 11 is 1.98. The van der Waals surface area contributed by atoms with Crippen LogP contribution >= 0.6 is 11.8 Å². The van der Waals surface area contributed by atoms with Crippen molar-refractivity contribution in [2.75, 3.05) is 5.75 Å². The maximum absolute atomic E-state index is 4.57. The Morgan fingerprint density at radius 2 is 2.14 bits per heavy atom. The van der Waals surface area contributed by atoms with Crippen molar-refractivity contribution in [2.24, 2.45) is 0 Å². The Balaban J connectivity index is 2.49. The molecular formula is C11H20N2S. The van der Waals surface area contributed by atoms with Gasteiger partial charge in [0.25, 0.3) is 0 Å². The van der Waals surface area contributed by atoms with E-state index < -0.39 is 0 Å². The van der Waals surface area contributed by atoms with E-state index in [1.807, 2.05) is 11.8 Å². The molecule has 0 spiro atoms. The van der Waals surface area contributed by atoms with Crippen molar-refractivity contribution in [2.45, 2.75) is 45.9 Å². The Morgan fingerprint density at radius 1 is 1.36 bits per heavy atom. The molecule has 1 heterocycles. The second kappa shape index (κ2) is 6.12. The summed E-state index contributed by atoms with van der Waals surface area (Å²) < 4.78 is 2.07. The van der Waals surface area contributed by atoms with E-state index >= 15 is 0 Å². The Morgan fingerprint density at radius 3 is 2.79 bits per heavy atom. The number of thioether (sulfide) groups is 1. The Hall–Kier alpha value is -0.440. The largest absolute Gasteiger partial charge is 0.272 e. The van der Waals surface area contributed by atoms with Crippen LogP contribution < -0.4 is 0 Å². The third-order valence-corrected chi connectivity index (χ3v) is 3.26. The van der Waals surface area contributed by atoms with Crippen LogP contribution in [0.2, 0.25) is 0 Å². The van der Waals surface area contributed by atoms with Crippen LogP contribution in [0.4, 0.5) is 0 Å². The molecule has 80 valence electrons. The predicted molar refractivity (Wildman–Crippen MR) is 63.7 cm³/mol. The number of hydrogen-bond acceptors (Lipinski definition) is 2. The van der Waals surface area contributed by atoms with E-state index in [2.05, 4.69) is 36.7 Å². The van der Waals surface area contributed by atoms with Gasteiger partial charge in [-0.25, -0.2) is 0 Å². The lowest BCUT2D eigenvalue weighted by Gasteiger charge is -1.97. The Bertz CT molecular complexity index is 268. The topological polar surface area (TPSA) is 17.8 Å². The lowest BCUT2D eigenvalue weighted by molar-refractivity contribution is 0.597. The summed E-state index contributed by atoms with van der Waals surface area (Å²) in [7, 11) is 0. The van der Waals surface area contributed by atoms with E-state index in [-0.39, 0.29) is 0 Å².